The number of amides is 1. The van der Waals surface area contributed by atoms with Gasteiger partial charge in [0.05, 0.1) is 26.5 Å². The van der Waals surface area contributed by atoms with E-state index in [1.807, 2.05) is 22.9 Å². The first kappa shape index (κ1) is 22.1. The van der Waals surface area contributed by atoms with E-state index < -0.39 is 0 Å². The molecule has 4 rings (SSSR count). The average Bonchev–Trinajstić information content (AvgIpc) is 3.18. The highest BCUT2D eigenvalue weighted by Gasteiger charge is 2.26. The second kappa shape index (κ2) is 9.99. The minimum absolute atomic E-state index is 0.0356. The molecule has 1 saturated heterocycles. The molecule has 32 heavy (non-hydrogen) atoms. The van der Waals surface area contributed by atoms with Crippen LogP contribution < -0.4 is 14.8 Å². The van der Waals surface area contributed by atoms with Crippen molar-refractivity contribution >= 4 is 16.9 Å². The Morgan fingerprint density at radius 3 is 2.91 bits per heavy atom. The van der Waals surface area contributed by atoms with Crippen LogP contribution in [0.4, 0.5) is 0 Å². The summed E-state index contributed by atoms with van der Waals surface area (Å²) in [5, 5.41) is 8.89. The van der Waals surface area contributed by atoms with Crippen LogP contribution in [0.15, 0.2) is 36.5 Å². The molecule has 8 nitrogen and oxygen atoms in total. The minimum Gasteiger partial charge on any atom is -0.497 e. The molecular formula is C24H31N5O3. The highest BCUT2D eigenvalue weighted by molar-refractivity contribution is 5.79. The SMILES string of the molecule is COc1ccc(CN2CCC[C@H](c3nn(CCNC(C)=O)c4ncccc34)C2)c(OC)c1. The van der Waals surface area contributed by atoms with Gasteiger partial charge in [0.15, 0.2) is 5.65 Å². The van der Waals surface area contributed by atoms with Crippen molar-refractivity contribution in [1.29, 1.82) is 0 Å². The van der Waals surface area contributed by atoms with Crippen LogP contribution in [0, 0.1) is 0 Å². The Kier molecular flexibility index (Phi) is 6.90. The van der Waals surface area contributed by atoms with Gasteiger partial charge in [0.1, 0.15) is 11.5 Å². The normalized spacial score (nSPS) is 16.8. The number of benzene rings is 1. The van der Waals surface area contributed by atoms with Gasteiger partial charge in [0, 0.05) is 55.7 Å². The lowest BCUT2D eigenvalue weighted by atomic mass is 9.93. The Morgan fingerprint density at radius 2 is 2.12 bits per heavy atom. The fraction of sp³-hybridized carbons (Fsp3) is 0.458. The molecule has 0 spiro atoms. The zero-order valence-electron chi connectivity index (χ0n) is 19.0. The number of rotatable bonds is 8. The molecule has 8 heteroatoms. The molecule has 170 valence electrons. The van der Waals surface area contributed by atoms with E-state index in [2.05, 4.69) is 27.3 Å². The van der Waals surface area contributed by atoms with Crippen LogP contribution in [0.5, 0.6) is 11.5 Å². The second-order valence-corrected chi connectivity index (χ2v) is 8.22. The molecule has 1 atom stereocenters. The Bertz CT molecular complexity index is 1080. The van der Waals surface area contributed by atoms with Crippen molar-refractivity contribution in [2.45, 2.75) is 38.8 Å². The number of carbonyl (C=O) groups excluding carboxylic acids is 1. The highest BCUT2D eigenvalue weighted by Crippen LogP contribution is 2.33. The molecule has 3 aromatic rings. The number of hydrogen-bond donors (Lipinski definition) is 1. The number of nitrogens with zero attached hydrogens (tertiary/aromatic N) is 4. The van der Waals surface area contributed by atoms with E-state index in [1.165, 1.54) is 6.92 Å². The highest BCUT2D eigenvalue weighted by atomic mass is 16.5. The largest absolute Gasteiger partial charge is 0.497 e. The van der Waals surface area contributed by atoms with E-state index in [-0.39, 0.29) is 5.91 Å². The van der Waals surface area contributed by atoms with Crippen molar-refractivity contribution in [3.8, 4) is 11.5 Å². The number of aromatic nitrogens is 3. The van der Waals surface area contributed by atoms with Crippen molar-refractivity contribution in [2.75, 3.05) is 33.9 Å². The Balaban J connectivity index is 1.53. The number of piperidine rings is 1. The number of hydrogen-bond acceptors (Lipinski definition) is 6. The van der Waals surface area contributed by atoms with Crippen molar-refractivity contribution in [1.82, 2.24) is 25.0 Å². The fourth-order valence-corrected chi connectivity index (χ4v) is 4.47. The lowest BCUT2D eigenvalue weighted by Crippen LogP contribution is -2.34. The number of likely N-dealkylation sites (tertiary alicyclic amines) is 1. The van der Waals surface area contributed by atoms with Gasteiger partial charge in [-0.2, -0.15) is 5.10 Å². The first-order valence-electron chi connectivity index (χ1n) is 11.1. The van der Waals surface area contributed by atoms with Gasteiger partial charge in [0.25, 0.3) is 0 Å². The number of ether oxygens (including phenoxy) is 2. The molecule has 1 fully saturated rings. The molecule has 0 aliphatic carbocycles. The maximum atomic E-state index is 11.2. The summed E-state index contributed by atoms with van der Waals surface area (Å²) in [6.45, 7) is 5.47. The maximum Gasteiger partial charge on any atom is 0.216 e. The molecule has 3 heterocycles. The fourth-order valence-electron chi connectivity index (χ4n) is 4.47. The van der Waals surface area contributed by atoms with E-state index >= 15 is 0 Å². The van der Waals surface area contributed by atoms with Crippen molar-refractivity contribution < 1.29 is 14.3 Å². The van der Waals surface area contributed by atoms with Crippen LogP contribution in [0.2, 0.25) is 0 Å². The van der Waals surface area contributed by atoms with Crippen LogP contribution in [-0.4, -0.2) is 59.4 Å². The summed E-state index contributed by atoms with van der Waals surface area (Å²) in [7, 11) is 3.36. The first-order valence-corrected chi connectivity index (χ1v) is 11.1. The summed E-state index contributed by atoms with van der Waals surface area (Å²) in [6, 6.07) is 10.1. The predicted molar refractivity (Wildman–Crippen MR) is 123 cm³/mol. The monoisotopic (exact) mass is 437 g/mol. The minimum atomic E-state index is -0.0356. The molecule has 1 amide bonds. The molecule has 0 radical (unpaired) electrons. The van der Waals surface area contributed by atoms with Crippen LogP contribution in [0.3, 0.4) is 0 Å². The molecule has 0 unspecified atom stereocenters. The number of carbonyl (C=O) groups is 1. The molecule has 0 saturated carbocycles. The summed E-state index contributed by atoms with van der Waals surface area (Å²) >= 11 is 0. The molecule has 1 aromatic carbocycles. The van der Waals surface area contributed by atoms with Gasteiger partial charge < -0.3 is 14.8 Å². The zero-order chi connectivity index (χ0) is 22.5. The van der Waals surface area contributed by atoms with Crippen molar-refractivity contribution in [3.63, 3.8) is 0 Å². The van der Waals surface area contributed by atoms with E-state index in [9.17, 15) is 4.79 Å². The smallest absolute Gasteiger partial charge is 0.216 e. The average molecular weight is 438 g/mol. The third-order valence-corrected chi connectivity index (χ3v) is 6.01. The number of pyridine rings is 1. The van der Waals surface area contributed by atoms with Gasteiger partial charge in [-0.05, 0) is 37.6 Å². The van der Waals surface area contributed by atoms with Gasteiger partial charge in [-0.25, -0.2) is 9.67 Å². The number of methoxy groups -OCH3 is 2. The third-order valence-electron chi connectivity index (χ3n) is 6.01. The summed E-state index contributed by atoms with van der Waals surface area (Å²) in [5.41, 5.74) is 3.13. The molecule has 1 aliphatic rings. The van der Waals surface area contributed by atoms with Gasteiger partial charge >= 0.3 is 0 Å². The number of nitrogens with one attached hydrogen (secondary N) is 1. The van der Waals surface area contributed by atoms with Gasteiger partial charge in [0.2, 0.25) is 5.91 Å². The maximum absolute atomic E-state index is 11.2. The lowest BCUT2D eigenvalue weighted by Gasteiger charge is -2.32. The Hall–Kier alpha value is -3.13. The molecular weight excluding hydrogens is 406 g/mol. The number of fused-ring (bicyclic) bond motifs is 1. The summed E-state index contributed by atoms with van der Waals surface area (Å²) in [5.74, 6) is 1.95. The second-order valence-electron chi connectivity index (χ2n) is 8.22. The first-order chi connectivity index (χ1) is 15.6. The summed E-state index contributed by atoms with van der Waals surface area (Å²) in [4.78, 5) is 18.3. The van der Waals surface area contributed by atoms with Crippen LogP contribution in [0.1, 0.15) is 36.9 Å². The standard InChI is InChI=1S/C24H31N5O3/c1-17(30)25-11-13-29-24-21(7-4-10-26-24)23(27-29)19-6-5-12-28(16-19)15-18-8-9-20(31-2)14-22(18)32-3/h4,7-10,14,19H,5-6,11-13,15-16H2,1-3H3,(H,25,30)/t19-/m0/s1. The quantitative estimate of drug-likeness (QED) is 0.584. The van der Waals surface area contributed by atoms with Crippen LogP contribution in [0.25, 0.3) is 11.0 Å². The third kappa shape index (κ3) is 4.85. The summed E-state index contributed by atoms with van der Waals surface area (Å²) < 4.78 is 12.8. The van der Waals surface area contributed by atoms with E-state index in [1.54, 1.807) is 20.4 Å². The van der Waals surface area contributed by atoms with Crippen LogP contribution >= 0.6 is 0 Å². The molecule has 2 aromatic heterocycles. The summed E-state index contributed by atoms with van der Waals surface area (Å²) in [6.07, 6.45) is 4.01. The van der Waals surface area contributed by atoms with E-state index in [0.717, 1.165) is 66.3 Å². The van der Waals surface area contributed by atoms with Crippen molar-refractivity contribution in [2.24, 2.45) is 0 Å². The lowest BCUT2D eigenvalue weighted by molar-refractivity contribution is -0.118. The van der Waals surface area contributed by atoms with E-state index in [0.29, 0.717) is 19.0 Å². The van der Waals surface area contributed by atoms with Crippen LogP contribution in [-0.2, 0) is 17.9 Å². The Labute approximate surface area is 188 Å². The topological polar surface area (TPSA) is 81.5 Å². The Morgan fingerprint density at radius 1 is 1.25 bits per heavy atom. The van der Waals surface area contributed by atoms with Gasteiger partial charge in [-0.3, -0.25) is 9.69 Å². The van der Waals surface area contributed by atoms with Gasteiger partial charge in [-0.15, -0.1) is 0 Å². The zero-order valence-corrected chi connectivity index (χ0v) is 19.0. The molecule has 1 aliphatic heterocycles. The predicted octanol–water partition coefficient (Wildman–Crippen LogP) is 2.96. The van der Waals surface area contributed by atoms with Gasteiger partial charge in [-0.1, -0.05) is 6.07 Å². The molecule has 1 N–H and O–H groups in total. The van der Waals surface area contributed by atoms with E-state index in [4.69, 9.17) is 14.6 Å². The molecule has 0 bridgehead atoms. The van der Waals surface area contributed by atoms with Crippen molar-refractivity contribution in [3.05, 3.63) is 47.8 Å².